The third-order valence-corrected chi connectivity index (χ3v) is 3.08. The maximum atomic E-state index is 12.4. The number of hydrogen-bond donors (Lipinski definition) is 0. The summed E-state index contributed by atoms with van der Waals surface area (Å²) < 4.78 is 10.4. The molecule has 0 amide bonds. The Balaban J connectivity index is 2.32. The number of benzene rings is 2. The second kappa shape index (κ2) is 7.87. The number of para-hydroxylation sites is 1. The number of ether oxygens (including phenoxy) is 2. The van der Waals surface area contributed by atoms with E-state index in [1.807, 2.05) is 6.92 Å². The van der Waals surface area contributed by atoms with E-state index in [9.17, 15) is 14.4 Å². The van der Waals surface area contributed by atoms with Gasteiger partial charge in [0.25, 0.3) is 0 Å². The normalized spacial score (nSPS) is 10.4. The maximum Gasteiger partial charge on any atom is 0.347 e. The molecule has 0 aromatic heterocycles. The summed E-state index contributed by atoms with van der Waals surface area (Å²) in [5.74, 6) is -0.745. The molecule has 0 fully saturated rings. The van der Waals surface area contributed by atoms with Crippen LogP contribution in [0.5, 0.6) is 11.5 Å². The Morgan fingerprint density at radius 2 is 1.75 bits per heavy atom. The highest BCUT2D eigenvalue weighted by Crippen LogP contribution is 2.25. The van der Waals surface area contributed by atoms with Crippen molar-refractivity contribution in [3.63, 3.8) is 0 Å². The molecule has 0 radical (unpaired) electrons. The predicted molar refractivity (Wildman–Crippen MR) is 89.0 cm³/mol. The van der Waals surface area contributed by atoms with Gasteiger partial charge in [0, 0.05) is 12.5 Å². The first kappa shape index (κ1) is 17.1. The highest BCUT2D eigenvalue weighted by atomic mass is 16.5. The first-order chi connectivity index (χ1) is 11.5. The molecule has 2 rings (SSSR count). The zero-order chi connectivity index (χ0) is 17.5. The highest BCUT2D eigenvalue weighted by Gasteiger charge is 2.17. The van der Waals surface area contributed by atoms with Crippen LogP contribution < -0.4 is 9.47 Å². The molecule has 0 saturated heterocycles. The molecule has 2 aromatic rings. The van der Waals surface area contributed by atoms with Crippen LogP contribution in [0, 0.1) is 6.92 Å². The molecule has 0 aliphatic rings. The van der Waals surface area contributed by atoms with Crippen LogP contribution in [0.2, 0.25) is 0 Å². The molecule has 0 aliphatic carbocycles. The summed E-state index contributed by atoms with van der Waals surface area (Å²) in [6.07, 6.45) is 3.52. The number of aldehydes is 1. The quantitative estimate of drug-likeness (QED) is 0.365. The van der Waals surface area contributed by atoms with E-state index >= 15 is 0 Å². The van der Waals surface area contributed by atoms with Crippen LogP contribution in [-0.2, 0) is 9.59 Å². The Hall–Kier alpha value is -3.21. The van der Waals surface area contributed by atoms with Gasteiger partial charge in [0.1, 0.15) is 23.3 Å². The third-order valence-electron chi connectivity index (χ3n) is 3.08. The minimum absolute atomic E-state index is 0.132. The zero-order valence-electron chi connectivity index (χ0n) is 13.3. The van der Waals surface area contributed by atoms with E-state index in [1.54, 1.807) is 36.4 Å². The average Bonchev–Trinajstić information content (AvgIpc) is 2.55. The minimum atomic E-state index is -0.656. The molecule has 2 aromatic carbocycles. The molecule has 24 heavy (non-hydrogen) atoms. The SMILES string of the molecule is CC(=O)Oc1ccccc1C(=O)Oc1ccc(C)cc1/C=C/C=O. The molecule has 0 saturated carbocycles. The summed E-state index contributed by atoms with van der Waals surface area (Å²) in [7, 11) is 0. The van der Waals surface area contributed by atoms with Gasteiger partial charge in [-0.1, -0.05) is 23.8 Å². The van der Waals surface area contributed by atoms with Gasteiger partial charge in [-0.3, -0.25) is 9.59 Å². The van der Waals surface area contributed by atoms with E-state index in [0.717, 1.165) is 5.56 Å². The first-order valence-electron chi connectivity index (χ1n) is 7.23. The summed E-state index contributed by atoms with van der Waals surface area (Å²) in [6, 6.07) is 11.5. The van der Waals surface area contributed by atoms with Gasteiger partial charge in [-0.25, -0.2) is 4.79 Å². The number of allylic oxidation sites excluding steroid dienone is 1. The Bertz CT molecular complexity index is 805. The lowest BCUT2D eigenvalue weighted by molar-refractivity contribution is -0.131. The molecule has 0 spiro atoms. The molecule has 0 aliphatic heterocycles. The Morgan fingerprint density at radius 1 is 1.00 bits per heavy atom. The Labute approximate surface area is 139 Å². The van der Waals surface area contributed by atoms with Crippen LogP contribution >= 0.6 is 0 Å². The summed E-state index contributed by atoms with van der Waals surface area (Å²) in [5.41, 5.74) is 1.69. The van der Waals surface area contributed by atoms with Crippen LogP contribution in [0.25, 0.3) is 6.08 Å². The van der Waals surface area contributed by atoms with Gasteiger partial charge in [0.2, 0.25) is 0 Å². The van der Waals surface area contributed by atoms with Gasteiger partial charge in [0.05, 0.1) is 0 Å². The van der Waals surface area contributed by atoms with Crippen molar-refractivity contribution in [1.29, 1.82) is 0 Å². The molecule has 0 atom stereocenters. The average molecular weight is 324 g/mol. The number of carbonyl (C=O) groups is 3. The molecular weight excluding hydrogens is 308 g/mol. The fourth-order valence-electron chi connectivity index (χ4n) is 2.07. The molecule has 0 heterocycles. The van der Waals surface area contributed by atoms with E-state index < -0.39 is 11.9 Å². The fraction of sp³-hybridized carbons (Fsp3) is 0.105. The van der Waals surface area contributed by atoms with Gasteiger partial charge in [0.15, 0.2) is 0 Å². The standard InChI is InChI=1S/C19H16O5/c1-13-9-10-17(15(12-13)6-5-11-20)24-19(22)16-7-3-4-8-18(16)23-14(2)21/h3-12H,1-2H3/b6-5+. The van der Waals surface area contributed by atoms with Crippen LogP contribution in [0.1, 0.15) is 28.4 Å². The van der Waals surface area contributed by atoms with Crippen molar-refractivity contribution in [2.75, 3.05) is 0 Å². The van der Waals surface area contributed by atoms with Gasteiger partial charge in [-0.15, -0.1) is 0 Å². The topological polar surface area (TPSA) is 69.7 Å². The lowest BCUT2D eigenvalue weighted by Crippen LogP contribution is -2.13. The minimum Gasteiger partial charge on any atom is -0.426 e. The number of rotatable bonds is 5. The lowest BCUT2D eigenvalue weighted by atomic mass is 10.1. The molecule has 0 unspecified atom stereocenters. The number of carbonyl (C=O) groups excluding carboxylic acids is 3. The van der Waals surface area contributed by atoms with Crippen molar-refractivity contribution in [1.82, 2.24) is 0 Å². The summed E-state index contributed by atoms with van der Waals surface area (Å²) >= 11 is 0. The number of esters is 2. The van der Waals surface area contributed by atoms with E-state index in [4.69, 9.17) is 9.47 Å². The van der Waals surface area contributed by atoms with Gasteiger partial charge < -0.3 is 9.47 Å². The second-order valence-electron chi connectivity index (χ2n) is 5.02. The zero-order valence-corrected chi connectivity index (χ0v) is 13.3. The smallest absolute Gasteiger partial charge is 0.347 e. The molecular formula is C19H16O5. The summed E-state index contributed by atoms with van der Waals surface area (Å²) in [6.45, 7) is 3.14. The van der Waals surface area contributed by atoms with Crippen molar-refractivity contribution in [2.45, 2.75) is 13.8 Å². The van der Waals surface area contributed by atoms with Crippen molar-refractivity contribution in [2.24, 2.45) is 0 Å². The fourth-order valence-corrected chi connectivity index (χ4v) is 2.07. The van der Waals surface area contributed by atoms with Crippen molar-refractivity contribution < 1.29 is 23.9 Å². The van der Waals surface area contributed by atoms with E-state index in [2.05, 4.69) is 0 Å². The Morgan fingerprint density at radius 3 is 2.46 bits per heavy atom. The molecule has 122 valence electrons. The second-order valence-corrected chi connectivity index (χ2v) is 5.02. The van der Waals surface area contributed by atoms with Crippen LogP contribution in [-0.4, -0.2) is 18.2 Å². The van der Waals surface area contributed by atoms with E-state index in [0.29, 0.717) is 17.6 Å². The third kappa shape index (κ3) is 4.39. The van der Waals surface area contributed by atoms with Crippen LogP contribution in [0.4, 0.5) is 0 Å². The summed E-state index contributed by atoms with van der Waals surface area (Å²) in [4.78, 5) is 34.1. The van der Waals surface area contributed by atoms with Crippen molar-refractivity contribution >= 4 is 24.3 Å². The summed E-state index contributed by atoms with van der Waals surface area (Å²) in [5, 5.41) is 0. The lowest BCUT2D eigenvalue weighted by Gasteiger charge is -2.11. The van der Waals surface area contributed by atoms with Crippen LogP contribution in [0.15, 0.2) is 48.5 Å². The molecule has 0 bridgehead atoms. The highest BCUT2D eigenvalue weighted by molar-refractivity contribution is 5.95. The predicted octanol–water partition coefficient (Wildman–Crippen LogP) is 3.35. The number of hydrogen-bond acceptors (Lipinski definition) is 5. The van der Waals surface area contributed by atoms with Gasteiger partial charge in [-0.05, 0) is 43.3 Å². The largest absolute Gasteiger partial charge is 0.426 e. The molecule has 0 N–H and O–H groups in total. The molecule has 5 nitrogen and oxygen atoms in total. The first-order valence-corrected chi connectivity index (χ1v) is 7.23. The Kier molecular flexibility index (Phi) is 5.63. The monoisotopic (exact) mass is 324 g/mol. The van der Waals surface area contributed by atoms with Crippen molar-refractivity contribution in [3.8, 4) is 11.5 Å². The van der Waals surface area contributed by atoms with Crippen molar-refractivity contribution in [3.05, 3.63) is 65.2 Å². The number of aryl methyl sites for hydroxylation is 1. The molecule has 5 heteroatoms. The van der Waals surface area contributed by atoms with E-state index in [-0.39, 0.29) is 11.3 Å². The van der Waals surface area contributed by atoms with Gasteiger partial charge >= 0.3 is 11.9 Å². The van der Waals surface area contributed by atoms with Gasteiger partial charge in [-0.2, -0.15) is 0 Å². The maximum absolute atomic E-state index is 12.4. The van der Waals surface area contributed by atoms with E-state index in [1.165, 1.54) is 25.1 Å². The van der Waals surface area contributed by atoms with Crippen LogP contribution in [0.3, 0.4) is 0 Å².